The first-order valence-electron chi connectivity index (χ1n) is 6.95. The van der Waals surface area contributed by atoms with Crippen molar-refractivity contribution in [2.24, 2.45) is 5.92 Å². The van der Waals surface area contributed by atoms with E-state index in [0.717, 1.165) is 19.4 Å². The molecular weight excluding hydrogens is 248 g/mol. The van der Waals surface area contributed by atoms with Crippen molar-refractivity contribution in [3.05, 3.63) is 0 Å². The van der Waals surface area contributed by atoms with E-state index in [1.54, 1.807) is 0 Å². The third-order valence-corrected chi connectivity index (χ3v) is 3.24. The Morgan fingerprint density at radius 3 is 2.47 bits per heavy atom. The van der Waals surface area contributed by atoms with Crippen LogP contribution in [0.4, 0.5) is 0 Å². The van der Waals surface area contributed by atoms with Gasteiger partial charge in [0.05, 0.1) is 18.9 Å². The predicted octanol–water partition coefficient (Wildman–Crippen LogP) is 2.08. The van der Waals surface area contributed by atoms with Crippen molar-refractivity contribution in [3.8, 4) is 0 Å². The third-order valence-electron chi connectivity index (χ3n) is 3.24. The van der Waals surface area contributed by atoms with Crippen LogP contribution in [-0.4, -0.2) is 37.4 Å². The summed E-state index contributed by atoms with van der Waals surface area (Å²) in [5.74, 6) is -0.449. The van der Waals surface area contributed by atoms with Crippen molar-refractivity contribution in [2.75, 3.05) is 13.2 Å². The summed E-state index contributed by atoms with van der Waals surface area (Å²) in [6, 6.07) is 0. The number of hydrogen-bond donors (Lipinski definition) is 0. The monoisotopic (exact) mass is 272 g/mol. The normalized spacial score (nSPS) is 20.3. The number of esters is 2. The summed E-state index contributed by atoms with van der Waals surface area (Å²) in [6.07, 6.45) is 1.98. The number of ether oxygens (including phenoxy) is 3. The molecule has 19 heavy (non-hydrogen) atoms. The van der Waals surface area contributed by atoms with Crippen LogP contribution >= 0.6 is 0 Å². The summed E-state index contributed by atoms with van der Waals surface area (Å²) in [5.41, 5.74) is 0. The van der Waals surface area contributed by atoms with Crippen molar-refractivity contribution in [1.29, 1.82) is 0 Å². The minimum atomic E-state index is -0.371. The zero-order valence-electron chi connectivity index (χ0n) is 12.0. The van der Waals surface area contributed by atoms with Crippen molar-refractivity contribution in [3.63, 3.8) is 0 Å². The quantitative estimate of drug-likeness (QED) is 0.664. The van der Waals surface area contributed by atoms with Gasteiger partial charge in [0.1, 0.15) is 12.7 Å². The van der Waals surface area contributed by atoms with Gasteiger partial charge in [0.15, 0.2) is 0 Å². The highest BCUT2D eigenvalue weighted by Gasteiger charge is 2.18. The summed E-state index contributed by atoms with van der Waals surface area (Å²) in [4.78, 5) is 22.9. The maximum Gasteiger partial charge on any atom is 0.306 e. The van der Waals surface area contributed by atoms with Crippen molar-refractivity contribution >= 4 is 11.9 Å². The van der Waals surface area contributed by atoms with Crippen molar-refractivity contribution in [2.45, 2.75) is 58.7 Å². The summed E-state index contributed by atoms with van der Waals surface area (Å²) in [5, 5.41) is 0. The first kappa shape index (κ1) is 16.0. The van der Waals surface area contributed by atoms with E-state index in [1.165, 1.54) is 0 Å². The van der Waals surface area contributed by atoms with Gasteiger partial charge in [-0.3, -0.25) is 9.59 Å². The second kappa shape index (κ2) is 8.15. The van der Waals surface area contributed by atoms with Crippen LogP contribution in [0.15, 0.2) is 0 Å². The molecule has 0 aromatic rings. The predicted molar refractivity (Wildman–Crippen MR) is 69.6 cm³/mol. The van der Waals surface area contributed by atoms with Gasteiger partial charge in [-0.1, -0.05) is 13.8 Å². The molecule has 0 spiro atoms. The largest absolute Gasteiger partial charge is 0.463 e. The lowest BCUT2D eigenvalue weighted by Crippen LogP contribution is -2.22. The molecular formula is C14H24O5. The first-order valence-corrected chi connectivity index (χ1v) is 6.95. The molecule has 0 N–H and O–H groups in total. The molecule has 0 saturated carbocycles. The fourth-order valence-electron chi connectivity index (χ4n) is 1.64. The lowest BCUT2D eigenvalue weighted by Gasteiger charge is -2.16. The Labute approximate surface area is 114 Å². The smallest absolute Gasteiger partial charge is 0.306 e. The Balaban J connectivity index is 2.10. The molecule has 1 aliphatic rings. The minimum absolute atomic E-state index is 0.0249. The van der Waals surface area contributed by atoms with Gasteiger partial charge >= 0.3 is 11.9 Å². The van der Waals surface area contributed by atoms with Gasteiger partial charge in [-0.25, -0.2) is 0 Å². The number of carbonyl (C=O) groups is 2. The third kappa shape index (κ3) is 6.57. The first-order chi connectivity index (χ1) is 8.99. The number of carbonyl (C=O) groups excluding carboxylic acids is 2. The van der Waals surface area contributed by atoms with Gasteiger partial charge in [0.2, 0.25) is 0 Å². The molecule has 1 aliphatic heterocycles. The summed E-state index contributed by atoms with van der Waals surface area (Å²) < 4.78 is 15.6. The van der Waals surface area contributed by atoms with E-state index < -0.39 is 0 Å². The molecule has 5 nitrogen and oxygen atoms in total. The fourth-order valence-corrected chi connectivity index (χ4v) is 1.64. The Kier molecular flexibility index (Phi) is 6.84. The summed E-state index contributed by atoms with van der Waals surface area (Å²) in [7, 11) is 0. The highest BCUT2D eigenvalue weighted by Crippen LogP contribution is 2.12. The van der Waals surface area contributed by atoms with Gasteiger partial charge in [-0.05, 0) is 25.7 Å². The molecule has 1 fully saturated rings. The number of hydrogen-bond acceptors (Lipinski definition) is 5. The highest BCUT2D eigenvalue weighted by atomic mass is 16.6. The second-order valence-corrected chi connectivity index (χ2v) is 5.26. The Bertz CT molecular complexity index is 294. The Morgan fingerprint density at radius 2 is 1.89 bits per heavy atom. The molecule has 5 heteroatoms. The van der Waals surface area contributed by atoms with Crippen molar-refractivity contribution in [1.82, 2.24) is 0 Å². The molecule has 1 heterocycles. The maximum atomic E-state index is 11.5. The molecule has 110 valence electrons. The molecule has 0 radical (unpaired) electrons. The van der Waals surface area contributed by atoms with Crippen LogP contribution < -0.4 is 0 Å². The Morgan fingerprint density at radius 1 is 1.21 bits per heavy atom. The van der Waals surface area contributed by atoms with E-state index in [4.69, 9.17) is 14.2 Å². The molecule has 0 aromatic carbocycles. The van der Waals surface area contributed by atoms with Crippen LogP contribution in [0, 0.1) is 5.92 Å². The Hall–Kier alpha value is -1.10. The van der Waals surface area contributed by atoms with Crippen LogP contribution in [0.25, 0.3) is 0 Å². The molecule has 1 rings (SSSR count). The lowest BCUT2D eigenvalue weighted by molar-refractivity contribution is -0.155. The van der Waals surface area contributed by atoms with E-state index in [2.05, 4.69) is 0 Å². The standard InChI is InChI=1S/C14H24O5/c1-10(2)11(3)19-14(16)7-6-13(15)18-9-12-5-4-8-17-12/h10-12H,4-9H2,1-3H3. The van der Waals surface area contributed by atoms with Crippen LogP contribution in [0.3, 0.4) is 0 Å². The van der Waals surface area contributed by atoms with Crippen LogP contribution in [0.2, 0.25) is 0 Å². The minimum Gasteiger partial charge on any atom is -0.463 e. The molecule has 0 aromatic heterocycles. The molecule has 0 amide bonds. The summed E-state index contributed by atoms with van der Waals surface area (Å²) >= 11 is 0. The van der Waals surface area contributed by atoms with E-state index in [-0.39, 0.29) is 49.5 Å². The van der Waals surface area contributed by atoms with Gasteiger partial charge in [-0.2, -0.15) is 0 Å². The van der Waals surface area contributed by atoms with Gasteiger partial charge in [0, 0.05) is 6.61 Å². The van der Waals surface area contributed by atoms with Crippen LogP contribution in [0.5, 0.6) is 0 Å². The highest BCUT2D eigenvalue weighted by molar-refractivity contribution is 5.77. The van der Waals surface area contributed by atoms with Crippen LogP contribution in [-0.2, 0) is 23.8 Å². The average Bonchev–Trinajstić information content (AvgIpc) is 2.86. The van der Waals surface area contributed by atoms with E-state index >= 15 is 0 Å². The van der Waals surface area contributed by atoms with E-state index in [1.807, 2.05) is 20.8 Å². The SMILES string of the molecule is CC(C)C(C)OC(=O)CCC(=O)OCC1CCCO1. The second-order valence-electron chi connectivity index (χ2n) is 5.26. The molecule has 1 saturated heterocycles. The fraction of sp³-hybridized carbons (Fsp3) is 0.857. The van der Waals surface area contributed by atoms with Gasteiger partial charge < -0.3 is 14.2 Å². The molecule has 0 bridgehead atoms. The van der Waals surface area contributed by atoms with Crippen molar-refractivity contribution < 1.29 is 23.8 Å². The molecule has 2 unspecified atom stereocenters. The molecule has 2 atom stereocenters. The van der Waals surface area contributed by atoms with E-state index in [9.17, 15) is 9.59 Å². The van der Waals surface area contributed by atoms with Gasteiger partial charge in [-0.15, -0.1) is 0 Å². The maximum absolute atomic E-state index is 11.5. The number of rotatable bonds is 7. The van der Waals surface area contributed by atoms with Gasteiger partial charge in [0.25, 0.3) is 0 Å². The lowest BCUT2D eigenvalue weighted by atomic mass is 10.1. The zero-order valence-corrected chi connectivity index (χ0v) is 12.0. The summed E-state index contributed by atoms with van der Waals surface area (Å²) in [6.45, 7) is 6.83. The zero-order chi connectivity index (χ0) is 14.3. The van der Waals surface area contributed by atoms with Crippen LogP contribution in [0.1, 0.15) is 46.5 Å². The average molecular weight is 272 g/mol. The molecule has 0 aliphatic carbocycles. The topological polar surface area (TPSA) is 61.8 Å². The van der Waals surface area contributed by atoms with E-state index in [0.29, 0.717) is 0 Å².